The average Bonchev–Trinajstić information content (AvgIpc) is 2.73. The highest BCUT2D eigenvalue weighted by Gasteiger charge is 2.31. The molecule has 0 bridgehead atoms. The van der Waals surface area contributed by atoms with E-state index in [0.29, 0.717) is 13.2 Å². The number of carbonyl (C=O) groups is 1. The van der Waals surface area contributed by atoms with E-state index in [4.69, 9.17) is 10.5 Å². The summed E-state index contributed by atoms with van der Waals surface area (Å²) >= 11 is 0. The number of hydrogen-bond donors (Lipinski definition) is 1. The molecule has 0 spiro atoms. The zero-order chi connectivity index (χ0) is 13.3. The summed E-state index contributed by atoms with van der Waals surface area (Å²) in [5.74, 6) is -0.0917. The van der Waals surface area contributed by atoms with Gasteiger partial charge in [-0.3, -0.25) is 4.79 Å². The molecule has 1 saturated heterocycles. The van der Waals surface area contributed by atoms with Gasteiger partial charge in [0.05, 0.1) is 19.1 Å². The Kier molecular flexibility index (Phi) is 3.55. The normalized spacial score (nSPS) is 24.2. The zero-order valence-electron chi connectivity index (χ0n) is 11.3. The van der Waals surface area contributed by atoms with Gasteiger partial charge in [0, 0.05) is 11.6 Å². The molecule has 3 nitrogen and oxygen atoms in total. The van der Waals surface area contributed by atoms with Crippen molar-refractivity contribution in [2.24, 2.45) is 11.7 Å². The van der Waals surface area contributed by atoms with E-state index in [1.165, 1.54) is 5.56 Å². The minimum absolute atomic E-state index is 0.0976. The molecule has 0 saturated carbocycles. The van der Waals surface area contributed by atoms with Gasteiger partial charge in [-0.2, -0.15) is 0 Å². The fourth-order valence-electron chi connectivity index (χ4n) is 2.19. The molecule has 2 rings (SSSR count). The highest BCUT2D eigenvalue weighted by Crippen LogP contribution is 2.24. The molecule has 1 aliphatic rings. The van der Waals surface area contributed by atoms with Crippen LogP contribution in [0.1, 0.15) is 36.7 Å². The Morgan fingerprint density at radius 3 is 2.28 bits per heavy atom. The minimum Gasteiger partial charge on any atom is -0.379 e. The third-order valence-corrected chi connectivity index (χ3v) is 3.50. The molecular weight excluding hydrogens is 226 g/mol. The zero-order valence-corrected chi connectivity index (χ0v) is 11.3. The first-order valence-corrected chi connectivity index (χ1v) is 6.37. The van der Waals surface area contributed by atoms with Crippen molar-refractivity contribution in [2.45, 2.75) is 32.2 Å². The highest BCUT2D eigenvalue weighted by atomic mass is 16.5. The second-order valence-corrected chi connectivity index (χ2v) is 6.00. The number of Topliss-reactive ketones (excluding diaryl/α,β-unsaturated/α-hetero) is 1. The molecule has 98 valence electrons. The first-order valence-electron chi connectivity index (χ1n) is 6.37. The van der Waals surface area contributed by atoms with Gasteiger partial charge in [-0.05, 0) is 11.0 Å². The maximum absolute atomic E-state index is 12.3. The second-order valence-electron chi connectivity index (χ2n) is 6.00. The SMILES string of the molecule is CC(C)(C)c1ccc(C(=O)C2COCC2N)cc1. The van der Waals surface area contributed by atoms with E-state index in [0.717, 1.165) is 5.56 Å². The lowest BCUT2D eigenvalue weighted by Gasteiger charge is -2.19. The standard InChI is InChI=1S/C15H21NO2/c1-15(2,3)11-6-4-10(5-7-11)14(17)12-8-18-9-13(12)16/h4-7,12-13H,8-9,16H2,1-3H3. The molecule has 0 amide bonds. The van der Waals surface area contributed by atoms with Crippen LogP contribution < -0.4 is 5.73 Å². The minimum atomic E-state index is -0.189. The summed E-state index contributed by atoms with van der Waals surface area (Å²) in [5.41, 5.74) is 7.93. The Hall–Kier alpha value is -1.19. The Morgan fingerprint density at radius 1 is 1.22 bits per heavy atom. The summed E-state index contributed by atoms with van der Waals surface area (Å²) in [4.78, 5) is 12.3. The molecule has 1 aromatic rings. The van der Waals surface area contributed by atoms with Crippen molar-refractivity contribution in [3.05, 3.63) is 35.4 Å². The molecule has 0 aromatic heterocycles. The maximum Gasteiger partial charge on any atom is 0.169 e. The van der Waals surface area contributed by atoms with Gasteiger partial charge < -0.3 is 10.5 Å². The summed E-state index contributed by atoms with van der Waals surface area (Å²) in [5, 5.41) is 0. The quantitative estimate of drug-likeness (QED) is 0.815. The van der Waals surface area contributed by atoms with Crippen molar-refractivity contribution >= 4 is 5.78 Å². The van der Waals surface area contributed by atoms with Crippen molar-refractivity contribution < 1.29 is 9.53 Å². The fraction of sp³-hybridized carbons (Fsp3) is 0.533. The van der Waals surface area contributed by atoms with E-state index in [9.17, 15) is 4.79 Å². The Balaban J connectivity index is 2.17. The highest BCUT2D eigenvalue weighted by molar-refractivity contribution is 5.98. The molecule has 2 unspecified atom stereocenters. The number of ketones is 1. The van der Waals surface area contributed by atoms with Crippen molar-refractivity contribution in [3.63, 3.8) is 0 Å². The van der Waals surface area contributed by atoms with Crippen LogP contribution in [0.3, 0.4) is 0 Å². The van der Waals surface area contributed by atoms with E-state index < -0.39 is 0 Å². The van der Waals surface area contributed by atoms with E-state index >= 15 is 0 Å². The maximum atomic E-state index is 12.3. The van der Waals surface area contributed by atoms with E-state index in [1.807, 2.05) is 24.3 Å². The van der Waals surface area contributed by atoms with Gasteiger partial charge >= 0.3 is 0 Å². The van der Waals surface area contributed by atoms with Crippen LogP contribution in [0.4, 0.5) is 0 Å². The third kappa shape index (κ3) is 2.62. The molecule has 3 heteroatoms. The third-order valence-electron chi connectivity index (χ3n) is 3.50. The monoisotopic (exact) mass is 247 g/mol. The molecule has 0 radical (unpaired) electrons. The van der Waals surface area contributed by atoms with E-state index in [-0.39, 0.29) is 23.2 Å². The average molecular weight is 247 g/mol. The fourth-order valence-corrected chi connectivity index (χ4v) is 2.19. The summed E-state index contributed by atoms with van der Waals surface area (Å²) in [7, 11) is 0. The van der Waals surface area contributed by atoms with E-state index in [2.05, 4.69) is 20.8 Å². The number of carbonyl (C=O) groups excluding carboxylic acids is 1. The topological polar surface area (TPSA) is 52.3 Å². The van der Waals surface area contributed by atoms with Gasteiger partial charge in [0.15, 0.2) is 5.78 Å². The van der Waals surface area contributed by atoms with Crippen molar-refractivity contribution in [1.29, 1.82) is 0 Å². The second kappa shape index (κ2) is 4.82. The van der Waals surface area contributed by atoms with Crippen LogP contribution in [0.25, 0.3) is 0 Å². The molecule has 2 N–H and O–H groups in total. The molecule has 1 fully saturated rings. The van der Waals surface area contributed by atoms with Gasteiger partial charge in [0.2, 0.25) is 0 Å². The molecule has 1 aliphatic heterocycles. The van der Waals surface area contributed by atoms with Gasteiger partial charge in [0.25, 0.3) is 0 Å². The van der Waals surface area contributed by atoms with Crippen LogP contribution in [-0.4, -0.2) is 25.0 Å². The van der Waals surface area contributed by atoms with Gasteiger partial charge in [-0.25, -0.2) is 0 Å². The summed E-state index contributed by atoms with van der Waals surface area (Å²) in [6, 6.07) is 7.67. The van der Waals surface area contributed by atoms with Crippen LogP contribution in [0.5, 0.6) is 0 Å². The molecule has 2 atom stereocenters. The predicted octanol–water partition coefficient (Wildman–Crippen LogP) is 2.14. The smallest absolute Gasteiger partial charge is 0.169 e. The Morgan fingerprint density at radius 2 is 1.83 bits per heavy atom. The number of rotatable bonds is 2. The Labute approximate surface area is 108 Å². The summed E-state index contributed by atoms with van der Waals surface area (Å²) in [6.07, 6.45) is 0. The van der Waals surface area contributed by atoms with Gasteiger partial charge in [0.1, 0.15) is 0 Å². The van der Waals surface area contributed by atoms with Crippen LogP contribution in [0.2, 0.25) is 0 Å². The first-order chi connectivity index (χ1) is 8.39. The number of nitrogens with two attached hydrogens (primary N) is 1. The van der Waals surface area contributed by atoms with Crippen LogP contribution in [0, 0.1) is 5.92 Å². The van der Waals surface area contributed by atoms with Gasteiger partial charge in [-0.1, -0.05) is 45.0 Å². The van der Waals surface area contributed by atoms with Crippen LogP contribution >= 0.6 is 0 Å². The molecule has 1 heterocycles. The molecule has 18 heavy (non-hydrogen) atoms. The van der Waals surface area contributed by atoms with Crippen molar-refractivity contribution in [3.8, 4) is 0 Å². The summed E-state index contributed by atoms with van der Waals surface area (Å²) in [6.45, 7) is 7.40. The molecule has 1 aromatic carbocycles. The van der Waals surface area contributed by atoms with Gasteiger partial charge in [-0.15, -0.1) is 0 Å². The number of hydrogen-bond acceptors (Lipinski definition) is 3. The lowest BCUT2D eigenvalue weighted by molar-refractivity contribution is 0.0896. The molecular formula is C15H21NO2. The molecule has 0 aliphatic carbocycles. The number of ether oxygens (including phenoxy) is 1. The van der Waals surface area contributed by atoms with Crippen molar-refractivity contribution in [1.82, 2.24) is 0 Å². The van der Waals surface area contributed by atoms with Crippen molar-refractivity contribution in [2.75, 3.05) is 13.2 Å². The number of benzene rings is 1. The van der Waals surface area contributed by atoms with E-state index in [1.54, 1.807) is 0 Å². The lowest BCUT2D eigenvalue weighted by Crippen LogP contribution is -2.34. The lowest BCUT2D eigenvalue weighted by atomic mass is 9.85. The predicted molar refractivity (Wildman–Crippen MR) is 71.8 cm³/mol. The largest absolute Gasteiger partial charge is 0.379 e. The first kappa shape index (κ1) is 13.2. The van der Waals surface area contributed by atoms with Crippen LogP contribution in [0.15, 0.2) is 24.3 Å². The Bertz CT molecular complexity index is 431. The summed E-state index contributed by atoms with van der Waals surface area (Å²) < 4.78 is 5.24. The van der Waals surface area contributed by atoms with Crippen LogP contribution in [-0.2, 0) is 10.2 Å².